The van der Waals surface area contributed by atoms with Crippen molar-refractivity contribution in [3.63, 3.8) is 0 Å². The number of thiophene rings is 1. The number of piperazine rings is 1. The number of aryl methyl sites for hydroxylation is 1. The largest absolute Gasteiger partial charge is 0.497 e. The molecule has 1 aromatic heterocycles. The highest BCUT2D eigenvalue weighted by atomic mass is 32.1. The maximum Gasteiger partial charge on any atom is 0.228 e. The highest BCUT2D eigenvalue weighted by Gasteiger charge is 2.27. The number of carbonyl (C=O) groups is 1. The van der Waals surface area contributed by atoms with Gasteiger partial charge in [-0.15, -0.1) is 11.3 Å². The van der Waals surface area contributed by atoms with Crippen LogP contribution < -0.4 is 10.1 Å². The minimum absolute atomic E-state index is 0.0863. The Hall–Kier alpha value is -1.85. The Morgan fingerprint density at radius 3 is 2.74 bits per heavy atom. The van der Waals surface area contributed by atoms with Crippen LogP contribution in [0.5, 0.6) is 5.75 Å². The Bertz CT molecular complexity index is 666. The Kier molecular flexibility index (Phi) is 4.98. The first-order chi connectivity index (χ1) is 11.2. The highest BCUT2D eigenvalue weighted by Crippen LogP contribution is 2.26. The van der Waals surface area contributed by atoms with Crippen molar-refractivity contribution < 1.29 is 9.53 Å². The second-order valence-electron chi connectivity index (χ2n) is 5.77. The normalized spacial score (nSPS) is 18.0. The monoisotopic (exact) mass is 330 g/mol. The van der Waals surface area contributed by atoms with Crippen LogP contribution in [0.25, 0.3) is 0 Å². The van der Waals surface area contributed by atoms with Crippen LogP contribution in [0.2, 0.25) is 0 Å². The molecule has 4 nitrogen and oxygen atoms in total. The van der Waals surface area contributed by atoms with Crippen LogP contribution in [0.3, 0.4) is 0 Å². The number of hydrogen-bond acceptors (Lipinski definition) is 4. The average molecular weight is 330 g/mol. The molecule has 1 aromatic carbocycles. The molecule has 2 aromatic rings. The number of methoxy groups -OCH3 is 1. The van der Waals surface area contributed by atoms with E-state index in [4.69, 9.17) is 4.74 Å². The standard InChI is InChI=1S/C18H22N2O2S/c1-13-3-8-16(23-13)11-18(21)20-10-9-19-12-17(20)14-4-6-15(22-2)7-5-14/h3-8,17,19H,9-12H2,1-2H3/t17-/m0/s1. The molecule has 23 heavy (non-hydrogen) atoms. The van der Waals surface area contributed by atoms with Crippen molar-refractivity contribution in [1.82, 2.24) is 10.2 Å². The summed E-state index contributed by atoms with van der Waals surface area (Å²) in [6.07, 6.45) is 0.491. The van der Waals surface area contributed by atoms with Crippen molar-refractivity contribution in [3.05, 3.63) is 51.7 Å². The van der Waals surface area contributed by atoms with Gasteiger partial charge in [-0.05, 0) is 36.8 Å². The number of amides is 1. The number of nitrogens with zero attached hydrogens (tertiary/aromatic N) is 1. The molecule has 5 heteroatoms. The van der Waals surface area contributed by atoms with Gasteiger partial charge in [0.05, 0.1) is 19.6 Å². The van der Waals surface area contributed by atoms with Gasteiger partial charge in [-0.1, -0.05) is 12.1 Å². The number of rotatable bonds is 4. The van der Waals surface area contributed by atoms with E-state index in [1.165, 1.54) is 4.88 Å². The average Bonchev–Trinajstić information content (AvgIpc) is 3.00. The van der Waals surface area contributed by atoms with Crippen molar-refractivity contribution in [2.24, 2.45) is 0 Å². The second kappa shape index (κ2) is 7.15. The number of ether oxygens (including phenoxy) is 1. The fourth-order valence-electron chi connectivity index (χ4n) is 2.96. The molecular weight excluding hydrogens is 308 g/mol. The summed E-state index contributed by atoms with van der Waals surface area (Å²) >= 11 is 1.70. The number of hydrogen-bond donors (Lipinski definition) is 1. The lowest BCUT2D eigenvalue weighted by Gasteiger charge is -2.36. The van der Waals surface area contributed by atoms with Gasteiger partial charge in [0.2, 0.25) is 5.91 Å². The van der Waals surface area contributed by atoms with E-state index in [1.54, 1.807) is 18.4 Å². The molecule has 1 N–H and O–H groups in total. The van der Waals surface area contributed by atoms with E-state index in [2.05, 4.69) is 24.4 Å². The molecule has 3 rings (SSSR count). The highest BCUT2D eigenvalue weighted by molar-refractivity contribution is 7.12. The van der Waals surface area contributed by atoms with Crippen molar-refractivity contribution in [2.45, 2.75) is 19.4 Å². The summed E-state index contributed by atoms with van der Waals surface area (Å²) < 4.78 is 5.22. The first-order valence-corrected chi connectivity index (χ1v) is 8.68. The van der Waals surface area contributed by atoms with Gasteiger partial charge in [-0.25, -0.2) is 0 Å². The lowest BCUT2D eigenvalue weighted by atomic mass is 10.0. The van der Waals surface area contributed by atoms with Gasteiger partial charge in [0.25, 0.3) is 0 Å². The predicted octanol–water partition coefficient (Wildman–Crippen LogP) is 2.78. The lowest BCUT2D eigenvalue weighted by Crippen LogP contribution is -2.49. The van der Waals surface area contributed by atoms with E-state index < -0.39 is 0 Å². The zero-order valence-corrected chi connectivity index (χ0v) is 14.4. The zero-order chi connectivity index (χ0) is 16.2. The molecule has 1 atom stereocenters. The Morgan fingerprint density at radius 2 is 2.09 bits per heavy atom. The zero-order valence-electron chi connectivity index (χ0n) is 13.5. The van der Waals surface area contributed by atoms with E-state index >= 15 is 0 Å². The fraction of sp³-hybridized carbons (Fsp3) is 0.389. The van der Waals surface area contributed by atoms with Gasteiger partial charge >= 0.3 is 0 Å². The summed E-state index contributed by atoms with van der Waals surface area (Å²) in [5, 5.41) is 3.39. The minimum atomic E-state index is 0.0863. The van der Waals surface area contributed by atoms with Crippen LogP contribution in [-0.2, 0) is 11.2 Å². The second-order valence-corrected chi connectivity index (χ2v) is 7.14. The van der Waals surface area contributed by atoms with Gasteiger partial charge in [-0.2, -0.15) is 0 Å². The smallest absolute Gasteiger partial charge is 0.228 e. The van der Waals surface area contributed by atoms with E-state index in [0.29, 0.717) is 6.42 Å². The topological polar surface area (TPSA) is 41.6 Å². The molecular formula is C18H22N2O2S. The van der Waals surface area contributed by atoms with Gasteiger partial charge in [0.1, 0.15) is 5.75 Å². The molecule has 0 spiro atoms. The van der Waals surface area contributed by atoms with Crippen LogP contribution >= 0.6 is 11.3 Å². The summed E-state index contributed by atoms with van der Waals surface area (Å²) in [7, 11) is 1.66. The van der Waals surface area contributed by atoms with Crippen LogP contribution in [0.4, 0.5) is 0 Å². The van der Waals surface area contributed by atoms with E-state index in [1.807, 2.05) is 29.2 Å². The lowest BCUT2D eigenvalue weighted by molar-refractivity contribution is -0.133. The molecule has 0 radical (unpaired) electrons. The summed E-state index contributed by atoms with van der Waals surface area (Å²) in [4.78, 5) is 17.2. The van der Waals surface area contributed by atoms with Crippen LogP contribution in [0.15, 0.2) is 36.4 Å². The van der Waals surface area contributed by atoms with Crippen molar-refractivity contribution in [1.29, 1.82) is 0 Å². The van der Waals surface area contributed by atoms with E-state index in [9.17, 15) is 4.79 Å². The maximum absolute atomic E-state index is 12.8. The molecule has 1 aliphatic heterocycles. The Balaban J connectivity index is 1.75. The quantitative estimate of drug-likeness (QED) is 0.937. The third kappa shape index (κ3) is 3.74. The van der Waals surface area contributed by atoms with Crippen molar-refractivity contribution in [3.8, 4) is 5.75 Å². The summed E-state index contributed by atoms with van der Waals surface area (Å²) in [6, 6.07) is 12.2. The SMILES string of the molecule is COc1ccc([C@@H]2CNCCN2C(=O)Cc2ccc(C)s2)cc1. The predicted molar refractivity (Wildman–Crippen MR) is 93.1 cm³/mol. The first-order valence-electron chi connectivity index (χ1n) is 7.87. The summed E-state index contributed by atoms with van der Waals surface area (Å²) in [6.45, 7) is 4.47. The van der Waals surface area contributed by atoms with Crippen LogP contribution in [-0.4, -0.2) is 37.6 Å². The van der Waals surface area contributed by atoms with Crippen molar-refractivity contribution in [2.75, 3.05) is 26.7 Å². The van der Waals surface area contributed by atoms with E-state index in [0.717, 1.165) is 35.8 Å². The number of nitrogens with one attached hydrogen (secondary N) is 1. The molecule has 2 heterocycles. The van der Waals surface area contributed by atoms with Crippen LogP contribution in [0.1, 0.15) is 21.4 Å². The van der Waals surface area contributed by atoms with Gasteiger partial charge in [0.15, 0.2) is 0 Å². The molecule has 0 bridgehead atoms. The van der Waals surface area contributed by atoms with Gasteiger partial charge in [-0.3, -0.25) is 4.79 Å². The minimum Gasteiger partial charge on any atom is -0.497 e. The molecule has 1 aliphatic rings. The molecule has 0 saturated carbocycles. The molecule has 122 valence electrons. The Morgan fingerprint density at radius 1 is 1.30 bits per heavy atom. The van der Waals surface area contributed by atoms with Gasteiger partial charge in [0, 0.05) is 29.4 Å². The summed E-state index contributed by atoms with van der Waals surface area (Å²) in [5.41, 5.74) is 1.15. The van der Waals surface area contributed by atoms with Crippen molar-refractivity contribution >= 4 is 17.2 Å². The molecule has 0 unspecified atom stereocenters. The first kappa shape index (κ1) is 16.0. The Labute approximate surface area is 141 Å². The van der Waals surface area contributed by atoms with Crippen LogP contribution in [0, 0.1) is 6.92 Å². The molecule has 1 amide bonds. The fourth-order valence-corrected chi connectivity index (χ4v) is 3.84. The molecule has 0 aliphatic carbocycles. The maximum atomic E-state index is 12.8. The molecule has 1 fully saturated rings. The number of carbonyl (C=O) groups excluding carboxylic acids is 1. The third-order valence-electron chi connectivity index (χ3n) is 4.19. The molecule has 1 saturated heterocycles. The third-order valence-corrected chi connectivity index (χ3v) is 5.19. The van der Waals surface area contributed by atoms with E-state index in [-0.39, 0.29) is 11.9 Å². The summed E-state index contributed by atoms with van der Waals surface area (Å²) in [5.74, 6) is 1.04. The number of benzene rings is 1. The van der Waals surface area contributed by atoms with Gasteiger partial charge < -0.3 is 15.0 Å².